The van der Waals surface area contributed by atoms with Crippen molar-refractivity contribution in [2.75, 3.05) is 5.75 Å². The number of hydrogen-bond acceptors (Lipinski definition) is 6. The Hall–Kier alpha value is -1.87. The van der Waals surface area contributed by atoms with Crippen molar-refractivity contribution in [1.29, 1.82) is 0 Å². The normalized spacial score (nSPS) is 17.4. The average Bonchev–Trinajstić information content (AvgIpc) is 3.06. The number of nitrogens with zero attached hydrogens (tertiary/aromatic N) is 3. The summed E-state index contributed by atoms with van der Waals surface area (Å²) in [5.41, 5.74) is 0. The number of carbonyl (C=O) groups is 2. The lowest BCUT2D eigenvalue weighted by Gasteiger charge is -2.12. The van der Waals surface area contributed by atoms with E-state index in [0.717, 1.165) is 54.4 Å². The van der Waals surface area contributed by atoms with E-state index >= 15 is 0 Å². The first-order valence-corrected chi connectivity index (χ1v) is 10.8. The molecule has 0 spiro atoms. The largest absolute Gasteiger partial charge is 0.335 e. The van der Waals surface area contributed by atoms with Gasteiger partial charge in [0.1, 0.15) is 0 Å². The third-order valence-corrected chi connectivity index (χ3v) is 6.40. The summed E-state index contributed by atoms with van der Waals surface area (Å²) in [6.45, 7) is 0. The average molecular weight is 392 g/mol. The van der Waals surface area contributed by atoms with Crippen LogP contribution in [0.15, 0.2) is 22.7 Å². The molecular formula is C17H21N5O2S2. The van der Waals surface area contributed by atoms with E-state index in [0.29, 0.717) is 6.04 Å². The number of thiophene rings is 1. The summed E-state index contributed by atoms with van der Waals surface area (Å²) in [6.07, 6.45) is 6.48. The maximum atomic E-state index is 12.1. The van der Waals surface area contributed by atoms with Gasteiger partial charge in [-0.05, 0) is 37.1 Å². The highest BCUT2D eigenvalue weighted by Crippen LogP contribution is 2.41. The van der Waals surface area contributed by atoms with Gasteiger partial charge in [0, 0.05) is 12.1 Å². The van der Waals surface area contributed by atoms with E-state index in [1.54, 1.807) is 11.3 Å². The number of amides is 3. The molecule has 0 saturated heterocycles. The molecule has 0 bridgehead atoms. The van der Waals surface area contributed by atoms with Crippen molar-refractivity contribution in [3.63, 3.8) is 0 Å². The minimum atomic E-state index is -0.398. The van der Waals surface area contributed by atoms with E-state index in [2.05, 4.69) is 25.4 Å². The van der Waals surface area contributed by atoms with Crippen LogP contribution in [0.2, 0.25) is 0 Å². The Morgan fingerprint density at radius 3 is 2.73 bits per heavy atom. The van der Waals surface area contributed by atoms with Crippen molar-refractivity contribution < 1.29 is 9.59 Å². The van der Waals surface area contributed by atoms with Gasteiger partial charge in [0.25, 0.3) is 0 Å². The third-order valence-electron chi connectivity index (χ3n) is 4.59. The molecule has 9 heteroatoms. The Balaban J connectivity index is 1.34. The molecule has 2 fully saturated rings. The molecule has 0 atom stereocenters. The number of nitrogens with one attached hydrogen (secondary N) is 2. The number of aromatic nitrogens is 3. The van der Waals surface area contributed by atoms with Crippen LogP contribution in [0.3, 0.4) is 0 Å². The van der Waals surface area contributed by atoms with Crippen molar-refractivity contribution in [2.45, 2.75) is 55.8 Å². The van der Waals surface area contributed by atoms with Crippen LogP contribution in [0.4, 0.5) is 4.79 Å². The minimum Gasteiger partial charge on any atom is -0.335 e. The summed E-state index contributed by atoms with van der Waals surface area (Å²) < 4.78 is 2.13. The Morgan fingerprint density at radius 2 is 2.04 bits per heavy atom. The summed E-state index contributed by atoms with van der Waals surface area (Å²) in [7, 11) is 0. The smallest absolute Gasteiger partial charge is 0.321 e. The van der Waals surface area contributed by atoms with Crippen LogP contribution in [0.1, 0.15) is 44.6 Å². The molecule has 2 aliphatic carbocycles. The monoisotopic (exact) mass is 391 g/mol. The van der Waals surface area contributed by atoms with Gasteiger partial charge < -0.3 is 5.32 Å². The molecule has 2 aromatic heterocycles. The molecule has 3 amide bonds. The van der Waals surface area contributed by atoms with Crippen LogP contribution in [-0.4, -0.2) is 38.5 Å². The van der Waals surface area contributed by atoms with E-state index in [4.69, 9.17) is 0 Å². The highest BCUT2D eigenvalue weighted by Gasteiger charge is 2.30. The lowest BCUT2D eigenvalue weighted by Crippen LogP contribution is -2.44. The van der Waals surface area contributed by atoms with E-state index in [1.165, 1.54) is 11.8 Å². The van der Waals surface area contributed by atoms with Crippen LogP contribution in [0.25, 0.3) is 10.7 Å². The van der Waals surface area contributed by atoms with E-state index in [1.807, 2.05) is 17.5 Å². The fraction of sp³-hybridized carbons (Fsp3) is 0.529. The first-order chi connectivity index (χ1) is 12.7. The second kappa shape index (κ2) is 7.79. The first-order valence-electron chi connectivity index (χ1n) is 8.92. The number of urea groups is 1. The number of rotatable bonds is 6. The van der Waals surface area contributed by atoms with Gasteiger partial charge >= 0.3 is 6.03 Å². The summed E-state index contributed by atoms with van der Waals surface area (Å²) in [4.78, 5) is 25.0. The van der Waals surface area contributed by atoms with Crippen LogP contribution in [-0.2, 0) is 4.79 Å². The van der Waals surface area contributed by atoms with Crippen molar-refractivity contribution >= 4 is 35.0 Å². The van der Waals surface area contributed by atoms with Gasteiger partial charge in [-0.2, -0.15) is 0 Å². The maximum Gasteiger partial charge on any atom is 0.321 e. The summed E-state index contributed by atoms with van der Waals surface area (Å²) in [6, 6.07) is 4.24. The van der Waals surface area contributed by atoms with Gasteiger partial charge in [-0.1, -0.05) is 30.7 Å². The Bertz CT molecular complexity index is 779. The molecule has 2 heterocycles. The minimum absolute atomic E-state index is 0.146. The molecule has 2 saturated carbocycles. The van der Waals surface area contributed by atoms with Crippen molar-refractivity contribution in [2.24, 2.45) is 0 Å². The van der Waals surface area contributed by atoms with Crippen LogP contribution in [0.5, 0.6) is 0 Å². The van der Waals surface area contributed by atoms with E-state index < -0.39 is 6.03 Å². The lowest BCUT2D eigenvalue weighted by atomic mass is 10.2. The highest BCUT2D eigenvalue weighted by molar-refractivity contribution is 7.99. The van der Waals surface area contributed by atoms with E-state index in [-0.39, 0.29) is 17.7 Å². The molecule has 26 heavy (non-hydrogen) atoms. The van der Waals surface area contributed by atoms with Gasteiger partial charge in [0.05, 0.1) is 10.6 Å². The van der Waals surface area contributed by atoms with Crippen LogP contribution in [0, 0.1) is 0 Å². The number of imide groups is 1. The van der Waals surface area contributed by atoms with Gasteiger partial charge in [0.15, 0.2) is 11.0 Å². The van der Waals surface area contributed by atoms with Crippen LogP contribution < -0.4 is 10.6 Å². The van der Waals surface area contributed by atoms with E-state index in [9.17, 15) is 9.59 Å². The molecule has 2 aromatic rings. The molecule has 4 rings (SSSR count). The van der Waals surface area contributed by atoms with Crippen molar-refractivity contribution in [3.05, 3.63) is 17.5 Å². The molecule has 0 aliphatic heterocycles. The Kier molecular flexibility index (Phi) is 5.26. The molecule has 7 nitrogen and oxygen atoms in total. The first kappa shape index (κ1) is 17.5. The molecule has 0 aromatic carbocycles. The zero-order chi connectivity index (χ0) is 17.9. The Labute approximate surface area is 160 Å². The predicted molar refractivity (Wildman–Crippen MR) is 101 cm³/mol. The zero-order valence-electron chi connectivity index (χ0n) is 14.3. The molecule has 0 radical (unpaired) electrons. The second-order valence-electron chi connectivity index (χ2n) is 6.68. The fourth-order valence-electron chi connectivity index (χ4n) is 3.20. The summed E-state index contributed by atoms with van der Waals surface area (Å²) in [5.74, 6) is 0.700. The highest BCUT2D eigenvalue weighted by atomic mass is 32.2. The topological polar surface area (TPSA) is 88.9 Å². The lowest BCUT2D eigenvalue weighted by molar-refractivity contribution is -0.117. The molecule has 0 unspecified atom stereocenters. The summed E-state index contributed by atoms with van der Waals surface area (Å²) >= 11 is 2.96. The fourth-order valence-corrected chi connectivity index (χ4v) is 4.71. The van der Waals surface area contributed by atoms with Gasteiger partial charge in [-0.25, -0.2) is 4.79 Å². The van der Waals surface area contributed by atoms with Crippen LogP contribution >= 0.6 is 23.1 Å². The SMILES string of the molecule is O=C(CSc1nnc(-c2cccs2)n1C1CC1)NC(=O)NC1CCCC1. The standard InChI is InChI=1S/C17H21N5O2S2/c23-14(19-16(24)18-11-4-1-2-5-11)10-26-17-21-20-15(13-6-3-9-25-13)22(17)12-7-8-12/h3,6,9,11-12H,1-2,4-5,7-8,10H2,(H2,18,19,23,24). The molecule has 2 N–H and O–H groups in total. The zero-order valence-corrected chi connectivity index (χ0v) is 15.9. The van der Waals surface area contributed by atoms with Crippen molar-refractivity contribution in [3.8, 4) is 10.7 Å². The number of thioether (sulfide) groups is 1. The molecular weight excluding hydrogens is 370 g/mol. The molecule has 138 valence electrons. The van der Waals surface area contributed by atoms with Gasteiger partial charge in [-0.3, -0.25) is 14.7 Å². The Morgan fingerprint density at radius 1 is 1.23 bits per heavy atom. The van der Waals surface area contributed by atoms with Crippen molar-refractivity contribution in [1.82, 2.24) is 25.4 Å². The number of hydrogen-bond donors (Lipinski definition) is 2. The quantitative estimate of drug-likeness (QED) is 0.738. The van der Waals surface area contributed by atoms with Gasteiger partial charge in [0.2, 0.25) is 5.91 Å². The molecule has 2 aliphatic rings. The number of carbonyl (C=O) groups excluding carboxylic acids is 2. The van der Waals surface area contributed by atoms with Gasteiger partial charge in [-0.15, -0.1) is 21.5 Å². The maximum absolute atomic E-state index is 12.1. The second-order valence-corrected chi connectivity index (χ2v) is 8.57. The third kappa shape index (κ3) is 4.09. The predicted octanol–water partition coefficient (Wildman–Crippen LogP) is 3.20. The summed E-state index contributed by atoms with van der Waals surface area (Å²) in [5, 5.41) is 16.6.